The molecule has 2 saturated heterocycles. The smallest absolute Gasteiger partial charge is 0.161 e. The van der Waals surface area contributed by atoms with E-state index in [0.29, 0.717) is 19.1 Å². The van der Waals surface area contributed by atoms with Crippen LogP contribution in [0.3, 0.4) is 0 Å². The van der Waals surface area contributed by atoms with Crippen molar-refractivity contribution in [2.24, 2.45) is 5.92 Å². The van der Waals surface area contributed by atoms with Gasteiger partial charge in [-0.2, -0.15) is 5.26 Å². The normalized spacial score (nSPS) is 27.8. The summed E-state index contributed by atoms with van der Waals surface area (Å²) >= 11 is 0. The Morgan fingerprint density at radius 3 is 3.00 bits per heavy atom. The van der Waals surface area contributed by atoms with Crippen LogP contribution in [0.15, 0.2) is 12.4 Å². The number of nitrogens with one attached hydrogen (secondary N) is 1. The number of anilines is 2. The van der Waals surface area contributed by atoms with Crippen LogP contribution in [0.2, 0.25) is 0 Å². The maximum Gasteiger partial charge on any atom is 0.161 e. The van der Waals surface area contributed by atoms with Gasteiger partial charge in [-0.05, 0) is 18.8 Å². The Morgan fingerprint density at radius 2 is 2.21 bits per heavy atom. The first-order chi connectivity index (χ1) is 11.7. The van der Waals surface area contributed by atoms with Crippen LogP contribution < -0.4 is 10.2 Å². The molecule has 130 valence electrons. The fourth-order valence-electron chi connectivity index (χ4n) is 3.34. The first-order valence-electron chi connectivity index (χ1n) is 8.63. The van der Waals surface area contributed by atoms with Crippen LogP contribution in [0.1, 0.15) is 26.7 Å². The molecule has 1 aromatic rings. The maximum absolute atomic E-state index is 9.05. The molecule has 7 heteroatoms. The number of hydrogen-bond donors (Lipinski definition) is 1. The summed E-state index contributed by atoms with van der Waals surface area (Å²) in [4.78, 5) is 10.8. The molecule has 0 aromatic carbocycles. The van der Waals surface area contributed by atoms with Gasteiger partial charge in [-0.1, -0.05) is 13.8 Å². The first kappa shape index (κ1) is 16.9. The number of hydrogen-bond acceptors (Lipinski definition) is 7. The van der Waals surface area contributed by atoms with Gasteiger partial charge in [0.1, 0.15) is 18.0 Å². The van der Waals surface area contributed by atoms with Gasteiger partial charge in [0.05, 0.1) is 31.4 Å². The zero-order chi connectivity index (χ0) is 16.9. The lowest BCUT2D eigenvalue weighted by Crippen LogP contribution is -2.43. The molecule has 0 radical (unpaired) electrons. The number of nitrogens with zero attached hydrogens (tertiary/aromatic N) is 4. The van der Waals surface area contributed by atoms with Crippen molar-refractivity contribution in [3.63, 3.8) is 0 Å². The average Bonchev–Trinajstić information content (AvgIpc) is 2.62. The third kappa shape index (κ3) is 3.94. The minimum atomic E-state index is -0.401. The summed E-state index contributed by atoms with van der Waals surface area (Å²) in [5.74, 6) is 2.09. The summed E-state index contributed by atoms with van der Waals surface area (Å²) in [6.45, 7) is 7.01. The van der Waals surface area contributed by atoms with E-state index in [-0.39, 0.29) is 12.1 Å². The quantitative estimate of drug-likeness (QED) is 0.901. The van der Waals surface area contributed by atoms with E-state index in [4.69, 9.17) is 14.7 Å². The van der Waals surface area contributed by atoms with Gasteiger partial charge in [-0.3, -0.25) is 0 Å². The minimum Gasteiger partial charge on any atom is -0.376 e. The standard InChI is InChI=1S/C17H25N5O2/c1-12(2)17-14(4-3-6-24-17)21-15-8-16(20-11-19-15)22-5-7-23-13(9-18)10-22/h8,11-14,17H,3-7,10H2,1-2H3,(H,19,20,21)/t13-,14+,17+/m1/s1. The van der Waals surface area contributed by atoms with Crippen molar-refractivity contribution >= 4 is 11.6 Å². The molecule has 0 unspecified atom stereocenters. The van der Waals surface area contributed by atoms with Crippen LogP contribution in [0.4, 0.5) is 11.6 Å². The molecule has 2 aliphatic heterocycles. The van der Waals surface area contributed by atoms with Crippen molar-refractivity contribution in [2.45, 2.75) is 44.9 Å². The number of rotatable bonds is 4. The fourth-order valence-corrected chi connectivity index (χ4v) is 3.34. The van der Waals surface area contributed by atoms with E-state index < -0.39 is 6.10 Å². The van der Waals surface area contributed by atoms with Gasteiger partial charge >= 0.3 is 0 Å². The molecule has 3 atom stereocenters. The molecule has 24 heavy (non-hydrogen) atoms. The second-order valence-corrected chi connectivity index (χ2v) is 6.67. The lowest BCUT2D eigenvalue weighted by atomic mass is 9.94. The minimum absolute atomic E-state index is 0.198. The van der Waals surface area contributed by atoms with E-state index >= 15 is 0 Å². The molecule has 1 N–H and O–H groups in total. The summed E-state index contributed by atoms with van der Waals surface area (Å²) in [6.07, 6.45) is 3.51. The second-order valence-electron chi connectivity index (χ2n) is 6.67. The van der Waals surface area contributed by atoms with Crippen LogP contribution in [0.25, 0.3) is 0 Å². The molecule has 0 saturated carbocycles. The highest BCUT2D eigenvalue weighted by Crippen LogP contribution is 2.24. The van der Waals surface area contributed by atoms with E-state index in [9.17, 15) is 0 Å². The van der Waals surface area contributed by atoms with Crippen LogP contribution in [-0.4, -0.2) is 54.5 Å². The highest BCUT2D eigenvalue weighted by atomic mass is 16.5. The predicted octanol–water partition coefficient (Wildman–Crippen LogP) is 1.82. The SMILES string of the molecule is CC(C)[C@@H]1OCCC[C@@H]1Nc1cc(N2CCO[C@H](C#N)C2)ncn1. The Labute approximate surface area is 143 Å². The highest BCUT2D eigenvalue weighted by molar-refractivity contribution is 5.49. The Kier molecular flexibility index (Phi) is 5.48. The summed E-state index contributed by atoms with van der Waals surface area (Å²) in [6, 6.07) is 4.37. The van der Waals surface area contributed by atoms with Gasteiger partial charge in [0.15, 0.2) is 6.10 Å². The molecule has 0 aliphatic carbocycles. The molecule has 0 amide bonds. The molecule has 7 nitrogen and oxygen atoms in total. The molecule has 0 spiro atoms. The number of aromatic nitrogens is 2. The van der Waals surface area contributed by atoms with Gasteiger partial charge < -0.3 is 19.7 Å². The third-order valence-electron chi connectivity index (χ3n) is 4.54. The topological polar surface area (TPSA) is 83.3 Å². The predicted molar refractivity (Wildman–Crippen MR) is 90.8 cm³/mol. The Morgan fingerprint density at radius 1 is 1.33 bits per heavy atom. The van der Waals surface area contributed by atoms with Crippen LogP contribution in [0.5, 0.6) is 0 Å². The Hall–Kier alpha value is -1.91. The first-order valence-corrected chi connectivity index (χ1v) is 8.63. The van der Waals surface area contributed by atoms with E-state index in [1.165, 1.54) is 0 Å². The summed E-state index contributed by atoms with van der Waals surface area (Å²) in [7, 11) is 0. The van der Waals surface area contributed by atoms with Crippen molar-refractivity contribution in [3.8, 4) is 6.07 Å². The number of ether oxygens (including phenoxy) is 2. The van der Waals surface area contributed by atoms with Crippen LogP contribution >= 0.6 is 0 Å². The lowest BCUT2D eigenvalue weighted by Gasteiger charge is -2.35. The molecule has 3 rings (SSSR count). The van der Waals surface area contributed by atoms with Gasteiger partial charge in [0.2, 0.25) is 0 Å². The number of morpholine rings is 1. The average molecular weight is 331 g/mol. The second kappa shape index (κ2) is 7.77. The van der Waals surface area contributed by atoms with Crippen molar-refractivity contribution in [1.82, 2.24) is 9.97 Å². The van der Waals surface area contributed by atoms with Gasteiger partial charge in [-0.15, -0.1) is 0 Å². The van der Waals surface area contributed by atoms with E-state index in [1.54, 1.807) is 6.33 Å². The van der Waals surface area contributed by atoms with E-state index in [1.807, 2.05) is 6.07 Å². The largest absolute Gasteiger partial charge is 0.376 e. The summed E-state index contributed by atoms with van der Waals surface area (Å²) in [5.41, 5.74) is 0. The summed E-state index contributed by atoms with van der Waals surface area (Å²) in [5, 5.41) is 12.6. The Bertz CT molecular complexity index is 589. The van der Waals surface area contributed by atoms with Crippen molar-refractivity contribution in [1.29, 1.82) is 5.26 Å². The maximum atomic E-state index is 9.05. The fraction of sp³-hybridized carbons (Fsp3) is 0.706. The van der Waals surface area contributed by atoms with E-state index in [2.05, 4.69) is 40.1 Å². The number of nitriles is 1. The van der Waals surface area contributed by atoms with Crippen molar-refractivity contribution in [3.05, 3.63) is 12.4 Å². The molecule has 0 bridgehead atoms. The molecule has 2 aliphatic rings. The molecule has 1 aromatic heterocycles. The van der Waals surface area contributed by atoms with Crippen LogP contribution in [0, 0.1) is 17.2 Å². The molecular formula is C17H25N5O2. The summed E-state index contributed by atoms with van der Waals surface area (Å²) < 4.78 is 11.3. The molecule has 3 heterocycles. The van der Waals surface area contributed by atoms with Crippen molar-refractivity contribution < 1.29 is 9.47 Å². The van der Waals surface area contributed by atoms with E-state index in [0.717, 1.165) is 37.6 Å². The Balaban J connectivity index is 1.70. The monoisotopic (exact) mass is 331 g/mol. The molecular weight excluding hydrogens is 306 g/mol. The van der Waals surface area contributed by atoms with Gasteiger partial charge in [0.25, 0.3) is 0 Å². The third-order valence-corrected chi connectivity index (χ3v) is 4.54. The van der Waals surface area contributed by atoms with Gasteiger partial charge in [0, 0.05) is 19.2 Å². The zero-order valence-corrected chi connectivity index (χ0v) is 14.3. The van der Waals surface area contributed by atoms with Crippen LogP contribution in [-0.2, 0) is 9.47 Å². The molecule has 2 fully saturated rings. The zero-order valence-electron chi connectivity index (χ0n) is 14.3. The van der Waals surface area contributed by atoms with Gasteiger partial charge in [-0.25, -0.2) is 9.97 Å². The van der Waals surface area contributed by atoms with Crippen molar-refractivity contribution in [2.75, 3.05) is 36.5 Å². The lowest BCUT2D eigenvalue weighted by molar-refractivity contribution is -0.0203. The highest BCUT2D eigenvalue weighted by Gasteiger charge is 2.29.